The summed E-state index contributed by atoms with van der Waals surface area (Å²) in [4.78, 5) is 12.6. The Bertz CT molecular complexity index is 1040. The molecule has 1 fully saturated rings. The van der Waals surface area contributed by atoms with E-state index in [-0.39, 0.29) is 21.2 Å². The van der Waals surface area contributed by atoms with Gasteiger partial charge in [0.2, 0.25) is 15.9 Å². The highest BCUT2D eigenvalue weighted by Crippen LogP contribution is 2.30. The second kappa shape index (κ2) is 10.4. The second-order valence-corrected chi connectivity index (χ2v) is 10.0. The minimum absolute atomic E-state index is 0.0720. The summed E-state index contributed by atoms with van der Waals surface area (Å²) in [5.41, 5.74) is 0.212. The molecular formula is C21H24F2N2O4S2. The number of amides is 1. The molecular weight excluding hydrogens is 446 g/mol. The van der Waals surface area contributed by atoms with Gasteiger partial charge in [0.05, 0.1) is 23.4 Å². The van der Waals surface area contributed by atoms with Crippen LogP contribution in [-0.2, 0) is 14.8 Å². The van der Waals surface area contributed by atoms with E-state index in [1.807, 2.05) is 0 Å². The van der Waals surface area contributed by atoms with Gasteiger partial charge in [0.1, 0.15) is 17.4 Å². The van der Waals surface area contributed by atoms with Gasteiger partial charge in [-0.25, -0.2) is 17.2 Å². The van der Waals surface area contributed by atoms with Crippen LogP contribution in [0.4, 0.5) is 14.5 Å². The highest BCUT2D eigenvalue weighted by Gasteiger charge is 2.26. The second-order valence-electron chi connectivity index (χ2n) is 7.09. The number of hydrogen-bond acceptors (Lipinski definition) is 5. The Kier molecular flexibility index (Phi) is 7.90. The van der Waals surface area contributed by atoms with Crippen LogP contribution in [0.5, 0.6) is 5.75 Å². The molecule has 0 aliphatic carbocycles. The Morgan fingerprint density at radius 3 is 2.45 bits per heavy atom. The van der Waals surface area contributed by atoms with E-state index >= 15 is 0 Å². The molecule has 0 bridgehead atoms. The normalized spacial score (nSPS) is 15.3. The Hall–Kier alpha value is -2.17. The number of rotatable bonds is 7. The van der Waals surface area contributed by atoms with E-state index < -0.39 is 27.6 Å². The Balaban J connectivity index is 1.74. The minimum Gasteiger partial charge on any atom is -0.495 e. The zero-order valence-electron chi connectivity index (χ0n) is 17.1. The fraction of sp³-hybridized carbons (Fsp3) is 0.381. The molecule has 1 aliphatic rings. The van der Waals surface area contributed by atoms with Gasteiger partial charge in [-0.2, -0.15) is 4.31 Å². The number of halogens is 2. The van der Waals surface area contributed by atoms with E-state index in [4.69, 9.17) is 4.74 Å². The molecule has 0 spiro atoms. The lowest BCUT2D eigenvalue weighted by Gasteiger charge is -2.21. The molecule has 0 atom stereocenters. The molecule has 2 aromatic carbocycles. The summed E-state index contributed by atoms with van der Waals surface area (Å²) < 4.78 is 59.6. The number of thioether (sulfide) groups is 1. The molecule has 0 unspecified atom stereocenters. The lowest BCUT2D eigenvalue weighted by Crippen LogP contribution is -2.32. The van der Waals surface area contributed by atoms with Gasteiger partial charge in [0.15, 0.2) is 0 Å². The number of carbonyl (C=O) groups excluding carboxylic acids is 1. The van der Waals surface area contributed by atoms with E-state index in [0.29, 0.717) is 18.8 Å². The van der Waals surface area contributed by atoms with Crippen molar-refractivity contribution in [3.8, 4) is 5.75 Å². The van der Waals surface area contributed by atoms with Crippen LogP contribution in [0.25, 0.3) is 0 Å². The first-order valence-corrected chi connectivity index (χ1v) is 12.3. The largest absolute Gasteiger partial charge is 0.495 e. The fourth-order valence-corrected chi connectivity index (χ4v) is 5.56. The van der Waals surface area contributed by atoms with Gasteiger partial charge in [-0.3, -0.25) is 4.79 Å². The number of carbonyl (C=O) groups is 1. The van der Waals surface area contributed by atoms with Crippen LogP contribution in [0.2, 0.25) is 0 Å². The fourth-order valence-electron chi connectivity index (χ4n) is 3.30. The van der Waals surface area contributed by atoms with Crippen molar-refractivity contribution in [3.63, 3.8) is 0 Å². The van der Waals surface area contributed by atoms with Gasteiger partial charge in [-0.05, 0) is 43.2 Å². The molecule has 168 valence electrons. The molecule has 0 saturated carbocycles. The quantitative estimate of drug-likeness (QED) is 0.612. The summed E-state index contributed by atoms with van der Waals surface area (Å²) in [6.45, 7) is 0.936. The van der Waals surface area contributed by atoms with Gasteiger partial charge in [0, 0.05) is 24.1 Å². The van der Waals surface area contributed by atoms with Crippen LogP contribution in [0.15, 0.2) is 46.2 Å². The van der Waals surface area contributed by atoms with Crippen molar-refractivity contribution >= 4 is 33.4 Å². The number of benzene rings is 2. The first-order valence-electron chi connectivity index (χ1n) is 9.87. The van der Waals surface area contributed by atoms with Gasteiger partial charge in [0.25, 0.3) is 0 Å². The summed E-state index contributed by atoms with van der Waals surface area (Å²) in [6, 6.07) is 7.45. The molecule has 2 aromatic rings. The van der Waals surface area contributed by atoms with Crippen molar-refractivity contribution in [1.82, 2.24) is 4.31 Å². The lowest BCUT2D eigenvalue weighted by atomic mass is 10.2. The third-order valence-electron chi connectivity index (χ3n) is 4.90. The molecule has 1 aliphatic heterocycles. The summed E-state index contributed by atoms with van der Waals surface area (Å²) in [5.74, 6) is -1.76. The zero-order chi connectivity index (χ0) is 22.4. The van der Waals surface area contributed by atoms with E-state index in [2.05, 4.69) is 5.32 Å². The number of ether oxygens (including phenoxy) is 1. The van der Waals surface area contributed by atoms with Crippen molar-refractivity contribution in [2.24, 2.45) is 0 Å². The number of nitrogens with zero attached hydrogens (tertiary/aromatic N) is 1. The molecule has 0 aromatic heterocycles. The highest BCUT2D eigenvalue weighted by molar-refractivity contribution is 8.00. The Labute approximate surface area is 185 Å². The molecule has 3 rings (SSSR count). The average Bonchev–Trinajstić information content (AvgIpc) is 3.03. The first kappa shape index (κ1) is 23.5. The maximum absolute atomic E-state index is 13.8. The summed E-state index contributed by atoms with van der Waals surface area (Å²) in [6.07, 6.45) is 3.64. The van der Waals surface area contributed by atoms with E-state index in [9.17, 15) is 22.0 Å². The van der Waals surface area contributed by atoms with Crippen molar-refractivity contribution in [2.75, 3.05) is 31.3 Å². The lowest BCUT2D eigenvalue weighted by molar-refractivity contribution is -0.113. The predicted octanol–water partition coefficient (Wildman–Crippen LogP) is 4.27. The van der Waals surface area contributed by atoms with Crippen LogP contribution < -0.4 is 10.1 Å². The predicted molar refractivity (Wildman–Crippen MR) is 116 cm³/mol. The molecule has 31 heavy (non-hydrogen) atoms. The van der Waals surface area contributed by atoms with E-state index in [1.54, 1.807) is 0 Å². The van der Waals surface area contributed by atoms with Crippen LogP contribution in [0, 0.1) is 11.6 Å². The summed E-state index contributed by atoms with van der Waals surface area (Å²) in [7, 11) is -2.28. The van der Waals surface area contributed by atoms with Gasteiger partial charge in [-0.15, -0.1) is 11.8 Å². The minimum atomic E-state index is -3.70. The Morgan fingerprint density at radius 1 is 1.10 bits per heavy atom. The molecule has 1 heterocycles. The number of methoxy groups -OCH3 is 1. The van der Waals surface area contributed by atoms with E-state index in [1.165, 1.54) is 35.7 Å². The molecule has 1 saturated heterocycles. The van der Waals surface area contributed by atoms with Gasteiger partial charge in [-0.1, -0.05) is 12.8 Å². The van der Waals surface area contributed by atoms with Crippen LogP contribution in [0.3, 0.4) is 0 Å². The summed E-state index contributed by atoms with van der Waals surface area (Å²) in [5, 5.41) is 2.63. The van der Waals surface area contributed by atoms with Crippen LogP contribution >= 0.6 is 11.8 Å². The number of sulfonamides is 1. The van der Waals surface area contributed by atoms with Crippen LogP contribution in [-0.4, -0.2) is 44.6 Å². The van der Waals surface area contributed by atoms with E-state index in [0.717, 1.165) is 49.6 Å². The first-order chi connectivity index (χ1) is 14.8. The van der Waals surface area contributed by atoms with Crippen molar-refractivity contribution in [3.05, 3.63) is 48.0 Å². The third-order valence-corrected chi connectivity index (χ3v) is 7.84. The molecule has 1 N–H and O–H groups in total. The monoisotopic (exact) mass is 470 g/mol. The van der Waals surface area contributed by atoms with Crippen molar-refractivity contribution in [1.29, 1.82) is 0 Å². The highest BCUT2D eigenvalue weighted by atomic mass is 32.2. The zero-order valence-corrected chi connectivity index (χ0v) is 18.7. The number of hydrogen-bond donors (Lipinski definition) is 1. The SMILES string of the molecule is COc1ccc(S(=O)(=O)N2CCCCCC2)cc1NC(=O)CSc1ccc(F)cc1F. The van der Waals surface area contributed by atoms with Crippen molar-refractivity contribution < 1.29 is 26.7 Å². The molecule has 1 amide bonds. The Morgan fingerprint density at radius 2 is 1.81 bits per heavy atom. The molecule has 0 radical (unpaired) electrons. The van der Waals surface area contributed by atoms with Crippen molar-refractivity contribution in [2.45, 2.75) is 35.5 Å². The summed E-state index contributed by atoms with van der Waals surface area (Å²) >= 11 is 0.910. The topological polar surface area (TPSA) is 75.7 Å². The number of anilines is 1. The average molecular weight is 471 g/mol. The molecule has 10 heteroatoms. The number of nitrogens with one attached hydrogen (secondary N) is 1. The van der Waals surface area contributed by atoms with Crippen LogP contribution in [0.1, 0.15) is 25.7 Å². The van der Waals surface area contributed by atoms with Gasteiger partial charge < -0.3 is 10.1 Å². The smallest absolute Gasteiger partial charge is 0.243 e. The standard InChI is InChI=1S/C21H24F2N2O4S2/c1-29-19-8-7-16(31(27,28)25-10-4-2-3-5-11-25)13-18(19)24-21(26)14-30-20-9-6-15(22)12-17(20)23/h6-9,12-13H,2-5,10-11,14H2,1H3,(H,24,26). The maximum Gasteiger partial charge on any atom is 0.243 e. The maximum atomic E-state index is 13.8. The third kappa shape index (κ3) is 5.96. The molecule has 6 nitrogen and oxygen atoms in total. The van der Waals surface area contributed by atoms with Gasteiger partial charge >= 0.3 is 0 Å².